The van der Waals surface area contributed by atoms with Crippen molar-refractivity contribution < 1.29 is 9.59 Å². The van der Waals surface area contributed by atoms with E-state index in [1.54, 1.807) is 18.3 Å². The lowest BCUT2D eigenvalue weighted by Crippen LogP contribution is -2.37. The van der Waals surface area contributed by atoms with Crippen LogP contribution in [0.15, 0.2) is 60.8 Å². The molecule has 1 unspecified atom stereocenters. The number of hydrogen-bond donors (Lipinski definition) is 4. The summed E-state index contributed by atoms with van der Waals surface area (Å²) in [5.41, 5.74) is 4.86. The number of pyridine rings is 1. The maximum atomic E-state index is 13.4. The van der Waals surface area contributed by atoms with Gasteiger partial charge in [0.1, 0.15) is 5.69 Å². The SMILES string of the molecule is CC(=O)Nc1cccc(Nc2ncc3cc(-c4ccccc4C)c(C(=O)NCC4CCCN4)nc3n2)c1. The predicted octanol–water partition coefficient (Wildman–Crippen LogP) is 4.18. The highest BCUT2D eigenvalue weighted by molar-refractivity contribution is 6.02. The van der Waals surface area contributed by atoms with Crippen LogP contribution in [0, 0.1) is 6.92 Å². The highest BCUT2D eigenvalue weighted by Gasteiger charge is 2.21. The first kappa shape index (κ1) is 24.3. The average molecular weight is 496 g/mol. The third kappa shape index (κ3) is 5.73. The van der Waals surface area contributed by atoms with E-state index >= 15 is 0 Å². The van der Waals surface area contributed by atoms with Crippen molar-refractivity contribution in [1.82, 2.24) is 25.6 Å². The average Bonchev–Trinajstić information content (AvgIpc) is 3.40. The van der Waals surface area contributed by atoms with E-state index in [4.69, 9.17) is 4.98 Å². The first-order chi connectivity index (χ1) is 18.0. The fourth-order valence-electron chi connectivity index (χ4n) is 4.51. The van der Waals surface area contributed by atoms with E-state index in [1.807, 2.05) is 49.4 Å². The smallest absolute Gasteiger partial charge is 0.270 e. The highest BCUT2D eigenvalue weighted by Crippen LogP contribution is 2.29. The molecule has 0 aliphatic carbocycles. The Morgan fingerprint density at radius 2 is 1.86 bits per heavy atom. The van der Waals surface area contributed by atoms with Crippen LogP contribution < -0.4 is 21.3 Å². The summed E-state index contributed by atoms with van der Waals surface area (Å²) in [5, 5.41) is 13.1. The zero-order chi connectivity index (χ0) is 25.8. The summed E-state index contributed by atoms with van der Waals surface area (Å²) in [6, 6.07) is 17.4. The Balaban J connectivity index is 1.49. The summed E-state index contributed by atoms with van der Waals surface area (Å²) in [6.45, 7) is 5.00. The van der Waals surface area contributed by atoms with Crippen molar-refractivity contribution in [2.24, 2.45) is 0 Å². The highest BCUT2D eigenvalue weighted by atomic mass is 16.2. The Morgan fingerprint density at radius 1 is 1.03 bits per heavy atom. The fourth-order valence-corrected chi connectivity index (χ4v) is 4.51. The number of aromatic nitrogens is 3. The van der Waals surface area contributed by atoms with E-state index in [2.05, 4.69) is 31.2 Å². The number of aryl methyl sites for hydroxylation is 1. The van der Waals surface area contributed by atoms with Gasteiger partial charge in [-0.15, -0.1) is 0 Å². The van der Waals surface area contributed by atoms with Crippen LogP contribution in [-0.4, -0.2) is 45.9 Å². The van der Waals surface area contributed by atoms with E-state index in [9.17, 15) is 9.59 Å². The molecule has 9 nitrogen and oxygen atoms in total. The van der Waals surface area contributed by atoms with Crippen LogP contribution in [0.4, 0.5) is 17.3 Å². The second kappa shape index (κ2) is 10.7. The number of carbonyl (C=O) groups excluding carboxylic acids is 2. The lowest BCUT2D eigenvalue weighted by Gasteiger charge is -2.15. The topological polar surface area (TPSA) is 121 Å². The molecule has 9 heteroatoms. The Morgan fingerprint density at radius 3 is 2.65 bits per heavy atom. The third-order valence-electron chi connectivity index (χ3n) is 6.33. The Labute approximate surface area is 215 Å². The van der Waals surface area contributed by atoms with Gasteiger partial charge in [0.15, 0.2) is 5.65 Å². The molecule has 2 aromatic carbocycles. The molecule has 188 valence electrons. The second-order valence-corrected chi connectivity index (χ2v) is 9.20. The quantitative estimate of drug-likeness (QED) is 0.303. The van der Waals surface area contributed by atoms with Gasteiger partial charge in [-0.25, -0.2) is 9.97 Å². The number of fused-ring (bicyclic) bond motifs is 1. The van der Waals surface area contributed by atoms with Gasteiger partial charge in [0.25, 0.3) is 5.91 Å². The van der Waals surface area contributed by atoms with E-state index in [-0.39, 0.29) is 17.9 Å². The number of hydrogen-bond acceptors (Lipinski definition) is 7. The van der Waals surface area contributed by atoms with Crippen molar-refractivity contribution in [3.63, 3.8) is 0 Å². The Kier molecular flexibility index (Phi) is 7.04. The Bertz CT molecular complexity index is 1460. The summed E-state index contributed by atoms with van der Waals surface area (Å²) in [7, 11) is 0. The molecule has 37 heavy (non-hydrogen) atoms. The van der Waals surface area contributed by atoms with Crippen LogP contribution in [-0.2, 0) is 4.79 Å². The van der Waals surface area contributed by atoms with Crippen molar-refractivity contribution in [2.45, 2.75) is 32.7 Å². The van der Waals surface area contributed by atoms with Gasteiger partial charge in [-0.1, -0.05) is 30.3 Å². The number of amides is 2. The van der Waals surface area contributed by atoms with Crippen molar-refractivity contribution >= 4 is 40.2 Å². The lowest BCUT2D eigenvalue weighted by molar-refractivity contribution is -0.114. The number of benzene rings is 2. The molecular formula is C28H29N7O2. The molecule has 1 fully saturated rings. The molecule has 1 atom stereocenters. The van der Waals surface area contributed by atoms with E-state index < -0.39 is 0 Å². The molecule has 1 saturated heterocycles. The van der Waals surface area contributed by atoms with Crippen LogP contribution in [0.3, 0.4) is 0 Å². The molecule has 5 rings (SSSR count). The number of nitrogens with one attached hydrogen (secondary N) is 4. The molecule has 2 aromatic heterocycles. The largest absolute Gasteiger partial charge is 0.349 e. The summed E-state index contributed by atoms with van der Waals surface area (Å²) in [4.78, 5) is 38.5. The molecule has 4 N–H and O–H groups in total. The predicted molar refractivity (Wildman–Crippen MR) is 145 cm³/mol. The minimum absolute atomic E-state index is 0.151. The lowest BCUT2D eigenvalue weighted by atomic mass is 9.98. The molecule has 1 aliphatic rings. The molecule has 0 spiro atoms. The number of nitrogens with zero attached hydrogens (tertiary/aromatic N) is 3. The minimum atomic E-state index is -0.231. The van der Waals surface area contributed by atoms with Crippen LogP contribution in [0.2, 0.25) is 0 Å². The molecule has 1 aliphatic heterocycles. The van der Waals surface area contributed by atoms with Crippen LogP contribution in [0.25, 0.3) is 22.2 Å². The molecule has 0 saturated carbocycles. The maximum Gasteiger partial charge on any atom is 0.270 e. The number of anilines is 3. The molecule has 0 bridgehead atoms. The zero-order valence-corrected chi connectivity index (χ0v) is 20.8. The monoisotopic (exact) mass is 495 g/mol. The van der Waals surface area contributed by atoms with Crippen LogP contribution in [0.1, 0.15) is 35.8 Å². The van der Waals surface area contributed by atoms with Crippen LogP contribution >= 0.6 is 0 Å². The summed E-state index contributed by atoms with van der Waals surface area (Å²) < 4.78 is 0. The van der Waals surface area contributed by atoms with Gasteiger partial charge in [-0.3, -0.25) is 9.59 Å². The van der Waals surface area contributed by atoms with Gasteiger partial charge in [0, 0.05) is 48.0 Å². The fraction of sp³-hybridized carbons (Fsp3) is 0.250. The van der Waals surface area contributed by atoms with Crippen molar-refractivity contribution in [1.29, 1.82) is 0 Å². The van der Waals surface area contributed by atoms with Gasteiger partial charge < -0.3 is 21.3 Å². The summed E-state index contributed by atoms with van der Waals surface area (Å²) >= 11 is 0. The molecule has 2 amide bonds. The summed E-state index contributed by atoms with van der Waals surface area (Å²) in [6.07, 6.45) is 3.85. The molecule has 0 radical (unpaired) electrons. The van der Waals surface area contributed by atoms with Gasteiger partial charge >= 0.3 is 0 Å². The number of carbonyl (C=O) groups is 2. The second-order valence-electron chi connectivity index (χ2n) is 9.20. The van der Waals surface area contributed by atoms with Crippen molar-refractivity contribution in [2.75, 3.05) is 23.7 Å². The van der Waals surface area contributed by atoms with Crippen molar-refractivity contribution in [3.8, 4) is 11.1 Å². The van der Waals surface area contributed by atoms with Gasteiger partial charge in [-0.2, -0.15) is 4.98 Å². The minimum Gasteiger partial charge on any atom is -0.349 e. The van der Waals surface area contributed by atoms with E-state index in [0.717, 1.165) is 41.5 Å². The van der Waals surface area contributed by atoms with Gasteiger partial charge in [-0.05, 0) is 61.7 Å². The molecule has 3 heterocycles. The molecular weight excluding hydrogens is 466 g/mol. The number of rotatable bonds is 7. The summed E-state index contributed by atoms with van der Waals surface area (Å²) in [5.74, 6) is -0.0441. The molecule has 4 aromatic rings. The maximum absolute atomic E-state index is 13.4. The first-order valence-corrected chi connectivity index (χ1v) is 12.4. The Hall–Kier alpha value is -4.37. The standard InChI is InChI=1S/C28H29N7O2/c1-17-7-3-4-11-23(17)24-13-19-15-31-28(33-21-9-5-8-20(14-21)32-18(2)36)35-26(19)34-25(24)27(37)30-16-22-10-6-12-29-22/h3-5,7-9,11,13-15,22,29H,6,10,12,16H2,1-2H3,(H,30,37)(H,32,36)(H,31,33,34,35). The van der Waals surface area contributed by atoms with E-state index in [1.165, 1.54) is 6.92 Å². The van der Waals surface area contributed by atoms with E-state index in [0.29, 0.717) is 35.2 Å². The van der Waals surface area contributed by atoms with Crippen molar-refractivity contribution in [3.05, 3.63) is 72.1 Å². The normalized spacial score (nSPS) is 14.9. The first-order valence-electron chi connectivity index (χ1n) is 12.4. The third-order valence-corrected chi connectivity index (χ3v) is 6.33. The van der Waals surface area contributed by atoms with Gasteiger partial charge in [0.05, 0.1) is 0 Å². The van der Waals surface area contributed by atoms with Gasteiger partial charge in [0.2, 0.25) is 11.9 Å². The van der Waals surface area contributed by atoms with Crippen LogP contribution in [0.5, 0.6) is 0 Å². The zero-order valence-electron chi connectivity index (χ0n) is 20.8.